The summed E-state index contributed by atoms with van der Waals surface area (Å²) in [5.74, 6) is -2.43. The molecule has 1 fully saturated rings. The summed E-state index contributed by atoms with van der Waals surface area (Å²) in [4.78, 5) is 11.7. The fourth-order valence-electron chi connectivity index (χ4n) is 2.74. The van der Waals surface area contributed by atoms with Crippen LogP contribution in [-0.4, -0.2) is 56.1 Å². The SMILES string of the molecule is O=C(Nc1ccc(F)c(Cl)c1)c1ccc(F)c(S(=O)(=O)N2CCOCC(O)C2)c1. The van der Waals surface area contributed by atoms with Crippen LogP contribution in [0.4, 0.5) is 14.5 Å². The summed E-state index contributed by atoms with van der Waals surface area (Å²) < 4.78 is 59.3. The molecule has 29 heavy (non-hydrogen) atoms. The molecule has 156 valence electrons. The average Bonchev–Trinajstić information content (AvgIpc) is 2.90. The van der Waals surface area contributed by atoms with Gasteiger partial charge in [0.25, 0.3) is 5.91 Å². The highest BCUT2D eigenvalue weighted by atomic mass is 35.5. The van der Waals surface area contributed by atoms with Gasteiger partial charge in [0.1, 0.15) is 16.5 Å². The van der Waals surface area contributed by atoms with Gasteiger partial charge in [0, 0.05) is 24.3 Å². The first kappa shape index (κ1) is 21.6. The molecule has 1 saturated heterocycles. The standard InChI is InChI=1S/C18H17ClF2N2O5S/c19-14-8-12(2-4-15(14)20)22-18(25)11-1-3-16(21)17(7-11)29(26,27)23-5-6-28-10-13(24)9-23/h1-4,7-8,13,24H,5-6,9-10H2,(H,22,25). The highest BCUT2D eigenvalue weighted by molar-refractivity contribution is 7.89. The van der Waals surface area contributed by atoms with Crippen molar-refractivity contribution in [1.29, 1.82) is 0 Å². The third-order valence-electron chi connectivity index (χ3n) is 4.20. The van der Waals surface area contributed by atoms with Crippen LogP contribution in [0.15, 0.2) is 41.3 Å². The minimum atomic E-state index is -4.32. The number of amides is 1. The normalized spacial score (nSPS) is 18.3. The van der Waals surface area contributed by atoms with E-state index in [0.717, 1.165) is 28.6 Å². The van der Waals surface area contributed by atoms with Crippen molar-refractivity contribution >= 4 is 33.2 Å². The van der Waals surface area contributed by atoms with E-state index in [1.165, 1.54) is 12.1 Å². The van der Waals surface area contributed by atoms with Crippen molar-refractivity contribution in [1.82, 2.24) is 4.31 Å². The number of sulfonamides is 1. The van der Waals surface area contributed by atoms with Crippen LogP contribution in [0.5, 0.6) is 0 Å². The number of aliphatic hydroxyl groups is 1. The molecule has 1 atom stereocenters. The van der Waals surface area contributed by atoms with Gasteiger partial charge in [0.2, 0.25) is 10.0 Å². The van der Waals surface area contributed by atoms with Crippen LogP contribution in [0.3, 0.4) is 0 Å². The van der Waals surface area contributed by atoms with E-state index in [2.05, 4.69) is 5.32 Å². The Morgan fingerprint density at radius 1 is 1.21 bits per heavy atom. The van der Waals surface area contributed by atoms with Crippen molar-refractivity contribution in [3.8, 4) is 0 Å². The van der Waals surface area contributed by atoms with E-state index in [0.29, 0.717) is 0 Å². The summed E-state index contributed by atoms with van der Waals surface area (Å²) in [6.07, 6.45) is -1.05. The first-order chi connectivity index (χ1) is 13.7. The summed E-state index contributed by atoms with van der Waals surface area (Å²) in [6.45, 7) is -0.309. The smallest absolute Gasteiger partial charge is 0.255 e. The number of nitrogens with one attached hydrogen (secondary N) is 1. The molecule has 1 unspecified atom stereocenters. The number of carbonyl (C=O) groups excluding carboxylic acids is 1. The number of benzene rings is 2. The lowest BCUT2D eigenvalue weighted by molar-refractivity contribution is 0.0583. The van der Waals surface area contributed by atoms with Gasteiger partial charge in [-0.3, -0.25) is 4.79 Å². The molecule has 11 heteroatoms. The van der Waals surface area contributed by atoms with Crippen LogP contribution >= 0.6 is 11.6 Å². The summed E-state index contributed by atoms with van der Waals surface area (Å²) in [5, 5.41) is 12.0. The van der Waals surface area contributed by atoms with Crippen LogP contribution in [0, 0.1) is 11.6 Å². The molecule has 0 saturated carbocycles. The molecule has 3 rings (SSSR count). The zero-order chi connectivity index (χ0) is 21.2. The number of hydrogen-bond donors (Lipinski definition) is 2. The lowest BCUT2D eigenvalue weighted by atomic mass is 10.2. The molecule has 7 nitrogen and oxygen atoms in total. The van der Waals surface area contributed by atoms with Crippen LogP contribution < -0.4 is 5.32 Å². The number of nitrogens with zero attached hydrogens (tertiary/aromatic N) is 1. The molecule has 2 aromatic carbocycles. The van der Waals surface area contributed by atoms with Crippen molar-refractivity contribution < 1.29 is 31.8 Å². The number of hydrogen-bond acceptors (Lipinski definition) is 5. The molecule has 0 aliphatic carbocycles. The zero-order valence-corrected chi connectivity index (χ0v) is 16.5. The molecule has 0 spiro atoms. The number of rotatable bonds is 4. The Balaban J connectivity index is 1.88. The van der Waals surface area contributed by atoms with Gasteiger partial charge in [0.05, 0.1) is 24.3 Å². The quantitative estimate of drug-likeness (QED) is 0.751. The second-order valence-corrected chi connectivity index (χ2v) is 8.63. The van der Waals surface area contributed by atoms with E-state index in [4.69, 9.17) is 16.3 Å². The third kappa shape index (κ3) is 4.90. The Morgan fingerprint density at radius 3 is 2.66 bits per heavy atom. The molecule has 1 amide bonds. The second-order valence-electron chi connectivity index (χ2n) is 6.32. The summed E-state index contributed by atoms with van der Waals surface area (Å²) in [5.41, 5.74) is 0.0555. The molecule has 1 aliphatic heterocycles. The number of ether oxygens (including phenoxy) is 1. The van der Waals surface area contributed by atoms with E-state index >= 15 is 0 Å². The van der Waals surface area contributed by atoms with Gasteiger partial charge in [-0.1, -0.05) is 11.6 Å². The minimum absolute atomic E-state index is 0.0306. The van der Waals surface area contributed by atoms with Crippen molar-refractivity contribution in [2.24, 2.45) is 0 Å². The lowest BCUT2D eigenvalue weighted by Crippen LogP contribution is -2.38. The van der Waals surface area contributed by atoms with Crippen molar-refractivity contribution in [2.75, 3.05) is 31.6 Å². The van der Waals surface area contributed by atoms with Crippen LogP contribution in [0.25, 0.3) is 0 Å². The van der Waals surface area contributed by atoms with Gasteiger partial charge in [-0.2, -0.15) is 4.31 Å². The summed E-state index contributed by atoms with van der Waals surface area (Å²) >= 11 is 5.67. The largest absolute Gasteiger partial charge is 0.389 e. The lowest BCUT2D eigenvalue weighted by Gasteiger charge is -2.21. The topological polar surface area (TPSA) is 95.9 Å². The molecule has 0 aromatic heterocycles. The predicted molar refractivity (Wildman–Crippen MR) is 101 cm³/mol. The molecular weight excluding hydrogens is 430 g/mol. The maximum atomic E-state index is 14.3. The van der Waals surface area contributed by atoms with Gasteiger partial charge in [-0.15, -0.1) is 0 Å². The molecule has 1 aliphatic rings. The number of halogens is 3. The Hall–Kier alpha value is -2.11. The van der Waals surface area contributed by atoms with E-state index in [1.54, 1.807) is 0 Å². The third-order valence-corrected chi connectivity index (χ3v) is 6.37. The maximum Gasteiger partial charge on any atom is 0.255 e. The summed E-state index contributed by atoms with van der Waals surface area (Å²) in [7, 11) is -4.32. The van der Waals surface area contributed by atoms with Crippen molar-refractivity contribution in [2.45, 2.75) is 11.0 Å². The molecule has 0 radical (unpaired) electrons. The van der Waals surface area contributed by atoms with Crippen LogP contribution in [0.1, 0.15) is 10.4 Å². The van der Waals surface area contributed by atoms with Gasteiger partial charge in [-0.05, 0) is 36.4 Å². The zero-order valence-electron chi connectivity index (χ0n) is 14.9. The van der Waals surface area contributed by atoms with E-state index in [9.17, 15) is 27.1 Å². The van der Waals surface area contributed by atoms with Gasteiger partial charge >= 0.3 is 0 Å². The van der Waals surface area contributed by atoms with E-state index < -0.39 is 38.6 Å². The predicted octanol–water partition coefficient (Wildman–Crippen LogP) is 2.25. The monoisotopic (exact) mass is 446 g/mol. The highest BCUT2D eigenvalue weighted by Crippen LogP contribution is 2.24. The molecule has 2 N–H and O–H groups in total. The number of aliphatic hydroxyl groups excluding tert-OH is 1. The van der Waals surface area contributed by atoms with Gasteiger partial charge in [-0.25, -0.2) is 17.2 Å². The van der Waals surface area contributed by atoms with Crippen LogP contribution in [-0.2, 0) is 14.8 Å². The second kappa shape index (κ2) is 8.72. The fraction of sp³-hybridized carbons (Fsp3) is 0.278. The van der Waals surface area contributed by atoms with Crippen LogP contribution in [0.2, 0.25) is 5.02 Å². The number of anilines is 1. The summed E-state index contributed by atoms with van der Waals surface area (Å²) in [6, 6.07) is 6.42. The van der Waals surface area contributed by atoms with Gasteiger partial charge in [0.15, 0.2) is 0 Å². The average molecular weight is 447 g/mol. The number of β-amino-alcohol motifs (C(OH)–C–C–N with tert-alkyl or cyclic N) is 1. The molecule has 2 aromatic rings. The van der Waals surface area contributed by atoms with E-state index in [-0.39, 0.29) is 42.6 Å². The van der Waals surface area contributed by atoms with E-state index in [1.807, 2.05) is 0 Å². The molecular formula is C18H17ClF2N2O5S. The fourth-order valence-corrected chi connectivity index (χ4v) is 4.47. The molecule has 1 heterocycles. The maximum absolute atomic E-state index is 14.3. The van der Waals surface area contributed by atoms with Gasteiger partial charge < -0.3 is 15.2 Å². The first-order valence-corrected chi connectivity index (χ1v) is 10.3. The first-order valence-electron chi connectivity index (χ1n) is 8.50. The molecule has 0 bridgehead atoms. The van der Waals surface area contributed by atoms with Crippen molar-refractivity contribution in [3.63, 3.8) is 0 Å². The Morgan fingerprint density at radius 2 is 1.93 bits per heavy atom. The Labute approximate surface area is 170 Å². The highest BCUT2D eigenvalue weighted by Gasteiger charge is 2.31. The number of carbonyl (C=O) groups is 1. The Bertz CT molecular complexity index is 1030. The minimum Gasteiger partial charge on any atom is -0.389 e. The Kier molecular flexibility index (Phi) is 6.49. The van der Waals surface area contributed by atoms with Crippen molar-refractivity contribution in [3.05, 3.63) is 58.6 Å².